The number of fused-ring (bicyclic) bond motifs is 1. The molecule has 0 aliphatic carbocycles. The second kappa shape index (κ2) is 3.86. The number of aromatic amines is 1. The van der Waals surface area contributed by atoms with Gasteiger partial charge in [0.05, 0.1) is 0 Å². The molecule has 3 aromatic rings. The number of rotatable bonds is 2. The Morgan fingerprint density at radius 3 is 2.56 bits per heavy atom. The van der Waals surface area contributed by atoms with E-state index in [2.05, 4.69) is 59.6 Å². The van der Waals surface area contributed by atoms with Crippen molar-refractivity contribution in [1.82, 2.24) is 4.98 Å². The van der Waals surface area contributed by atoms with Crippen LogP contribution in [0.4, 0.5) is 0 Å². The number of hydrogen-bond acceptors (Lipinski definition) is 0. The molecule has 0 saturated heterocycles. The van der Waals surface area contributed by atoms with Gasteiger partial charge in [0.15, 0.2) is 0 Å². The van der Waals surface area contributed by atoms with Crippen molar-refractivity contribution in [2.75, 3.05) is 0 Å². The lowest BCUT2D eigenvalue weighted by Gasteiger charge is -2.01. The Morgan fingerprint density at radius 1 is 0.812 bits per heavy atom. The van der Waals surface area contributed by atoms with Crippen LogP contribution in [0.2, 0.25) is 0 Å². The van der Waals surface area contributed by atoms with Crippen LogP contribution in [-0.2, 0) is 6.42 Å². The number of aromatic nitrogens is 1. The summed E-state index contributed by atoms with van der Waals surface area (Å²) in [6.07, 6.45) is 2.98. The van der Waals surface area contributed by atoms with Crippen molar-refractivity contribution in [3.8, 4) is 0 Å². The Bertz CT molecular complexity index is 593. The zero-order valence-corrected chi connectivity index (χ0v) is 8.98. The van der Waals surface area contributed by atoms with Crippen LogP contribution in [0.5, 0.6) is 0 Å². The average molecular weight is 207 g/mol. The fraction of sp³-hybridized carbons (Fsp3) is 0.0667. The minimum Gasteiger partial charge on any atom is -0.361 e. The van der Waals surface area contributed by atoms with Crippen molar-refractivity contribution in [1.29, 1.82) is 0 Å². The molecule has 0 aliphatic heterocycles. The highest BCUT2D eigenvalue weighted by Crippen LogP contribution is 2.16. The lowest BCUT2D eigenvalue weighted by atomic mass is 10.0. The molecule has 0 bridgehead atoms. The first kappa shape index (κ1) is 9.22. The summed E-state index contributed by atoms with van der Waals surface area (Å²) in [5.74, 6) is 0. The predicted molar refractivity (Wildman–Crippen MR) is 67.5 cm³/mol. The van der Waals surface area contributed by atoms with E-state index in [1.54, 1.807) is 0 Å². The summed E-state index contributed by atoms with van der Waals surface area (Å²) in [6.45, 7) is 0. The zero-order valence-electron chi connectivity index (χ0n) is 8.98. The van der Waals surface area contributed by atoms with E-state index in [1.807, 2.05) is 6.20 Å². The van der Waals surface area contributed by atoms with E-state index < -0.39 is 0 Å². The van der Waals surface area contributed by atoms with Crippen molar-refractivity contribution in [3.63, 3.8) is 0 Å². The summed E-state index contributed by atoms with van der Waals surface area (Å²) in [5, 5.41) is 1.27. The largest absolute Gasteiger partial charge is 0.361 e. The maximum absolute atomic E-state index is 3.25. The molecule has 1 aromatic heterocycles. The van der Waals surface area contributed by atoms with E-state index >= 15 is 0 Å². The normalized spacial score (nSPS) is 10.8. The van der Waals surface area contributed by atoms with Crippen LogP contribution in [0.25, 0.3) is 10.9 Å². The SMILES string of the molecule is c1ccc(Cc2ccc3cc[nH]c3c2)cc1. The van der Waals surface area contributed by atoms with Gasteiger partial charge in [-0.1, -0.05) is 42.5 Å². The Balaban J connectivity index is 1.94. The summed E-state index contributed by atoms with van der Waals surface area (Å²) in [5.41, 5.74) is 3.92. The van der Waals surface area contributed by atoms with Gasteiger partial charge in [0, 0.05) is 11.7 Å². The minimum absolute atomic E-state index is 0.996. The Labute approximate surface area is 94.7 Å². The average Bonchev–Trinajstić information content (AvgIpc) is 2.77. The third kappa shape index (κ3) is 1.72. The van der Waals surface area contributed by atoms with E-state index in [-0.39, 0.29) is 0 Å². The van der Waals surface area contributed by atoms with Gasteiger partial charge < -0.3 is 4.98 Å². The van der Waals surface area contributed by atoms with Gasteiger partial charge in [-0.25, -0.2) is 0 Å². The van der Waals surface area contributed by atoms with Gasteiger partial charge in [0.1, 0.15) is 0 Å². The first-order valence-electron chi connectivity index (χ1n) is 5.52. The highest BCUT2D eigenvalue weighted by Gasteiger charge is 1.98. The van der Waals surface area contributed by atoms with E-state index in [1.165, 1.54) is 22.0 Å². The van der Waals surface area contributed by atoms with Gasteiger partial charge in [0.2, 0.25) is 0 Å². The van der Waals surface area contributed by atoms with Crippen LogP contribution >= 0.6 is 0 Å². The molecule has 1 N–H and O–H groups in total. The molecule has 1 nitrogen and oxygen atoms in total. The summed E-state index contributed by atoms with van der Waals surface area (Å²) in [4.78, 5) is 3.25. The summed E-state index contributed by atoms with van der Waals surface area (Å²) in [6, 6.07) is 19.2. The summed E-state index contributed by atoms with van der Waals surface area (Å²) in [7, 11) is 0. The van der Waals surface area contributed by atoms with Gasteiger partial charge >= 0.3 is 0 Å². The molecule has 0 unspecified atom stereocenters. The van der Waals surface area contributed by atoms with Crippen molar-refractivity contribution in [2.24, 2.45) is 0 Å². The van der Waals surface area contributed by atoms with E-state index in [9.17, 15) is 0 Å². The highest BCUT2D eigenvalue weighted by atomic mass is 14.7. The molecule has 16 heavy (non-hydrogen) atoms. The second-order valence-electron chi connectivity index (χ2n) is 4.06. The molecule has 0 radical (unpaired) electrons. The second-order valence-corrected chi connectivity index (χ2v) is 4.06. The molecule has 2 aromatic carbocycles. The number of nitrogens with one attached hydrogen (secondary N) is 1. The third-order valence-electron chi connectivity index (χ3n) is 2.87. The van der Waals surface area contributed by atoms with Crippen LogP contribution in [0, 0.1) is 0 Å². The monoisotopic (exact) mass is 207 g/mol. The lowest BCUT2D eigenvalue weighted by Crippen LogP contribution is -1.87. The summed E-state index contributed by atoms with van der Waals surface area (Å²) >= 11 is 0. The predicted octanol–water partition coefficient (Wildman–Crippen LogP) is 3.76. The molecule has 0 spiro atoms. The van der Waals surface area contributed by atoms with Crippen LogP contribution < -0.4 is 0 Å². The molecule has 78 valence electrons. The van der Waals surface area contributed by atoms with Gasteiger partial charge in [-0.3, -0.25) is 0 Å². The Hall–Kier alpha value is -2.02. The quantitative estimate of drug-likeness (QED) is 0.658. The van der Waals surface area contributed by atoms with Gasteiger partial charge in [-0.05, 0) is 35.1 Å². The Kier molecular flexibility index (Phi) is 2.22. The molecule has 1 heterocycles. The first-order chi connectivity index (χ1) is 7.92. The van der Waals surface area contributed by atoms with Crippen molar-refractivity contribution in [3.05, 3.63) is 71.9 Å². The fourth-order valence-electron chi connectivity index (χ4n) is 2.04. The maximum atomic E-state index is 3.25. The lowest BCUT2D eigenvalue weighted by molar-refractivity contribution is 1.20. The molecule has 1 heteroatoms. The van der Waals surface area contributed by atoms with Crippen molar-refractivity contribution >= 4 is 10.9 Å². The third-order valence-corrected chi connectivity index (χ3v) is 2.87. The van der Waals surface area contributed by atoms with Crippen molar-refractivity contribution < 1.29 is 0 Å². The molecule has 0 aliphatic rings. The van der Waals surface area contributed by atoms with Crippen molar-refractivity contribution in [2.45, 2.75) is 6.42 Å². The molecule has 3 rings (SSSR count). The zero-order chi connectivity index (χ0) is 10.8. The molecule has 0 atom stereocenters. The first-order valence-corrected chi connectivity index (χ1v) is 5.52. The standard InChI is InChI=1S/C15H13N/c1-2-4-12(5-3-1)10-13-6-7-14-8-9-16-15(14)11-13/h1-9,11,16H,10H2. The molecule has 0 fully saturated rings. The van der Waals surface area contributed by atoms with E-state index in [0.29, 0.717) is 0 Å². The number of H-pyrrole nitrogens is 1. The van der Waals surface area contributed by atoms with Crippen LogP contribution in [0.15, 0.2) is 60.8 Å². The van der Waals surface area contributed by atoms with E-state index in [4.69, 9.17) is 0 Å². The van der Waals surface area contributed by atoms with Gasteiger partial charge in [-0.15, -0.1) is 0 Å². The minimum atomic E-state index is 0.996. The highest BCUT2D eigenvalue weighted by molar-refractivity contribution is 5.79. The molecule has 0 amide bonds. The van der Waals surface area contributed by atoms with Gasteiger partial charge in [0.25, 0.3) is 0 Å². The molecular weight excluding hydrogens is 194 g/mol. The van der Waals surface area contributed by atoms with E-state index in [0.717, 1.165) is 6.42 Å². The topological polar surface area (TPSA) is 15.8 Å². The fourth-order valence-corrected chi connectivity index (χ4v) is 2.04. The van der Waals surface area contributed by atoms with Crippen LogP contribution in [0.1, 0.15) is 11.1 Å². The van der Waals surface area contributed by atoms with Gasteiger partial charge in [-0.2, -0.15) is 0 Å². The summed E-state index contributed by atoms with van der Waals surface area (Å²) < 4.78 is 0. The number of hydrogen-bond donors (Lipinski definition) is 1. The Morgan fingerprint density at radius 2 is 1.69 bits per heavy atom. The smallest absolute Gasteiger partial charge is 0.0456 e. The molecule has 0 saturated carbocycles. The maximum Gasteiger partial charge on any atom is 0.0456 e. The van der Waals surface area contributed by atoms with Crippen LogP contribution in [0.3, 0.4) is 0 Å². The number of benzene rings is 2. The van der Waals surface area contributed by atoms with Crippen LogP contribution in [-0.4, -0.2) is 4.98 Å². The molecular formula is C15H13N.